The van der Waals surface area contributed by atoms with Crippen LogP contribution in [0.15, 0.2) is 95.6 Å². The van der Waals surface area contributed by atoms with E-state index in [0.717, 1.165) is 32.3 Å². The van der Waals surface area contributed by atoms with Gasteiger partial charge in [0.05, 0.1) is 16.9 Å². The lowest BCUT2D eigenvalue weighted by molar-refractivity contribution is 1.28. The van der Waals surface area contributed by atoms with Gasteiger partial charge in [0.2, 0.25) is 0 Å². The molecule has 0 aliphatic heterocycles. The Bertz CT molecular complexity index is 1280. The number of fused-ring (bicyclic) bond motifs is 2. The highest BCUT2D eigenvalue weighted by atomic mass is 79.9. The van der Waals surface area contributed by atoms with Crippen LogP contribution in [-0.4, -0.2) is 9.97 Å². The molecule has 0 radical (unpaired) electrons. The normalized spacial score (nSPS) is 11.1. The quantitative estimate of drug-likeness (QED) is 0.316. The monoisotopic (exact) mass is 410 g/mol. The van der Waals surface area contributed by atoms with Gasteiger partial charge in [0.1, 0.15) is 0 Å². The largest absolute Gasteiger partial charge is 0.255 e. The van der Waals surface area contributed by atoms with Gasteiger partial charge in [-0.05, 0) is 64.4 Å². The van der Waals surface area contributed by atoms with Gasteiger partial charge in [-0.25, -0.2) is 4.98 Å². The van der Waals surface area contributed by atoms with E-state index in [9.17, 15) is 0 Å². The van der Waals surface area contributed by atoms with Crippen LogP contribution in [0.4, 0.5) is 0 Å². The van der Waals surface area contributed by atoms with Gasteiger partial charge < -0.3 is 0 Å². The van der Waals surface area contributed by atoms with E-state index in [1.165, 1.54) is 16.3 Å². The number of benzene rings is 3. The van der Waals surface area contributed by atoms with Crippen molar-refractivity contribution in [3.8, 4) is 22.5 Å². The average Bonchev–Trinajstić information content (AvgIpc) is 2.73. The Balaban J connectivity index is 1.62. The van der Waals surface area contributed by atoms with Crippen LogP contribution in [0.2, 0.25) is 0 Å². The number of halogens is 1. The second-order valence-corrected chi connectivity index (χ2v) is 7.44. The molecule has 2 aromatic heterocycles. The molecule has 0 saturated heterocycles. The lowest BCUT2D eigenvalue weighted by Gasteiger charge is -2.07. The van der Waals surface area contributed by atoms with E-state index in [0.29, 0.717) is 0 Å². The van der Waals surface area contributed by atoms with E-state index in [1.54, 1.807) is 6.20 Å². The molecule has 2 nitrogen and oxygen atoms in total. The highest BCUT2D eigenvalue weighted by Crippen LogP contribution is 2.29. The molecule has 3 aromatic carbocycles. The van der Waals surface area contributed by atoms with Gasteiger partial charge in [-0.15, -0.1) is 0 Å². The van der Waals surface area contributed by atoms with E-state index in [1.807, 2.05) is 24.3 Å². The van der Waals surface area contributed by atoms with Crippen molar-refractivity contribution >= 4 is 37.6 Å². The van der Waals surface area contributed by atoms with Crippen molar-refractivity contribution in [1.82, 2.24) is 9.97 Å². The van der Waals surface area contributed by atoms with E-state index < -0.39 is 0 Å². The van der Waals surface area contributed by atoms with Crippen LogP contribution >= 0.6 is 15.9 Å². The van der Waals surface area contributed by atoms with E-state index in [2.05, 4.69) is 81.6 Å². The average molecular weight is 411 g/mol. The number of hydrogen-bond donors (Lipinski definition) is 0. The molecule has 2 heterocycles. The molecule has 0 amide bonds. The maximum Gasteiger partial charge on any atom is 0.0893 e. The zero-order valence-electron chi connectivity index (χ0n) is 14.4. The zero-order chi connectivity index (χ0) is 18.2. The second kappa shape index (κ2) is 6.60. The van der Waals surface area contributed by atoms with Crippen molar-refractivity contribution in [2.45, 2.75) is 0 Å². The molecule has 5 rings (SSSR count). The fraction of sp³-hybridized carbons (Fsp3) is 0. The Kier molecular flexibility index (Phi) is 3.95. The van der Waals surface area contributed by atoms with Crippen molar-refractivity contribution < 1.29 is 0 Å². The number of aromatic nitrogens is 2. The van der Waals surface area contributed by atoms with Gasteiger partial charge in [0.25, 0.3) is 0 Å². The van der Waals surface area contributed by atoms with Crippen LogP contribution in [0.25, 0.3) is 44.2 Å². The van der Waals surface area contributed by atoms with E-state index >= 15 is 0 Å². The molecule has 0 fully saturated rings. The van der Waals surface area contributed by atoms with Gasteiger partial charge in [-0.1, -0.05) is 58.4 Å². The highest BCUT2D eigenvalue weighted by Gasteiger charge is 2.05. The predicted octanol–water partition coefficient (Wildman–Crippen LogP) is 6.88. The van der Waals surface area contributed by atoms with Crippen LogP contribution in [-0.2, 0) is 0 Å². The minimum absolute atomic E-state index is 0.890. The van der Waals surface area contributed by atoms with Crippen LogP contribution in [0.5, 0.6) is 0 Å². The summed E-state index contributed by atoms with van der Waals surface area (Å²) < 4.78 is 1.10. The van der Waals surface area contributed by atoms with E-state index in [4.69, 9.17) is 4.98 Å². The summed E-state index contributed by atoms with van der Waals surface area (Å²) in [5.74, 6) is 0. The van der Waals surface area contributed by atoms with Crippen molar-refractivity contribution in [2.24, 2.45) is 0 Å². The molecule has 0 bridgehead atoms. The Hall–Kier alpha value is -3.04. The van der Waals surface area contributed by atoms with Gasteiger partial charge in [-0.3, -0.25) is 4.98 Å². The molecule has 3 heteroatoms. The molecular formula is C24H15BrN2. The Morgan fingerprint density at radius 2 is 1.33 bits per heavy atom. The summed E-state index contributed by atoms with van der Waals surface area (Å²) in [4.78, 5) is 9.25. The zero-order valence-corrected chi connectivity index (χ0v) is 16.0. The lowest BCUT2D eigenvalue weighted by atomic mass is 10.00. The minimum Gasteiger partial charge on any atom is -0.255 e. The maximum atomic E-state index is 4.84. The molecule has 0 aliphatic carbocycles. The van der Waals surface area contributed by atoms with Crippen LogP contribution in [0.3, 0.4) is 0 Å². The van der Waals surface area contributed by atoms with Crippen molar-refractivity contribution in [2.75, 3.05) is 0 Å². The molecule has 0 spiro atoms. The summed E-state index contributed by atoms with van der Waals surface area (Å²) in [6.45, 7) is 0. The Morgan fingerprint density at radius 1 is 0.593 bits per heavy atom. The molecule has 0 N–H and O–H groups in total. The number of hydrogen-bond acceptors (Lipinski definition) is 2. The van der Waals surface area contributed by atoms with Crippen molar-refractivity contribution in [3.63, 3.8) is 0 Å². The smallest absolute Gasteiger partial charge is 0.0893 e. The first kappa shape index (κ1) is 16.2. The van der Waals surface area contributed by atoms with Gasteiger partial charge in [0, 0.05) is 16.1 Å². The predicted molar refractivity (Wildman–Crippen MR) is 116 cm³/mol. The third kappa shape index (κ3) is 3.11. The van der Waals surface area contributed by atoms with Crippen molar-refractivity contribution in [1.29, 1.82) is 0 Å². The Morgan fingerprint density at radius 3 is 2.19 bits per heavy atom. The van der Waals surface area contributed by atoms with Crippen LogP contribution in [0.1, 0.15) is 0 Å². The number of pyridine rings is 2. The molecule has 128 valence electrons. The third-order valence-electron chi connectivity index (χ3n) is 4.76. The molecule has 5 aromatic rings. The maximum absolute atomic E-state index is 4.84. The minimum atomic E-state index is 0.890. The summed E-state index contributed by atoms with van der Waals surface area (Å²) in [5, 5.41) is 3.58. The molecule has 27 heavy (non-hydrogen) atoms. The summed E-state index contributed by atoms with van der Waals surface area (Å²) in [7, 11) is 0. The first-order chi connectivity index (χ1) is 13.3. The van der Waals surface area contributed by atoms with Crippen molar-refractivity contribution in [3.05, 3.63) is 95.6 Å². The number of nitrogens with zero attached hydrogens (tertiary/aromatic N) is 2. The molecule has 0 saturated carbocycles. The summed E-state index contributed by atoms with van der Waals surface area (Å²) in [6, 6.07) is 29.4. The number of rotatable bonds is 2. The summed E-state index contributed by atoms with van der Waals surface area (Å²) in [5.41, 5.74) is 5.12. The summed E-state index contributed by atoms with van der Waals surface area (Å²) in [6.07, 6.45) is 1.80. The SMILES string of the molecule is Brc1ccc2cc(-c3ccc4ccc(-c5ccccn5)nc4c3)ccc2c1. The fourth-order valence-corrected chi connectivity index (χ4v) is 3.73. The third-order valence-corrected chi connectivity index (χ3v) is 5.25. The summed E-state index contributed by atoms with van der Waals surface area (Å²) >= 11 is 3.54. The Labute approximate surface area is 165 Å². The second-order valence-electron chi connectivity index (χ2n) is 6.53. The lowest BCUT2D eigenvalue weighted by Crippen LogP contribution is -1.88. The molecule has 0 atom stereocenters. The molecule has 0 aliphatic rings. The first-order valence-electron chi connectivity index (χ1n) is 8.78. The fourth-order valence-electron chi connectivity index (χ4n) is 3.35. The standard InChI is InChI=1S/C24H15BrN2/c25-21-10-8-18-13-17(6-7-19(18)14-21)20-5-4-16-9-11-23(27-24(16)15-20)22-3-1-2-12-26-22/h1-15H. The topological polar surface area (TPSA) is 25.8 Å². The first-order valence-corrected chi connectivity index (χ1v) is 9.57. The molecular weight excluding hydrogens is 396 g/mol. The van der Waals surface area contributed by atoms with Crippen LogP contribution < -0.4 is 0 Å². The highest BCUT2D eigenvalue weighted by molar-refractivity contribution is 9.10. The van der Waals surface area contributed by atoms with Gasteiger partial charge >= 0.3 is 0 Å². The van der Waals surface area contributed by atoms with Gasteiger partial charge in [0.15, 0.2) is 0 Å². The van der Waals surface area contributed by atoms with Gasteiger partial charge in [-0.2, -0.15) is 0 Å². The molecule has 0 unspecified atom stereocenters. The van der Waals surface area contributed by atoms with Crippen LogP contribution in [0, 0.1) is 0 Å². The van der Waals surface area contributed by atoms with E-state index in [-0.39, 0.29) is 0 Å².